The van der Waals surface area contributed by atoms with Gasteiger partial charge < -0.3 is 11.1 Å². The maximum Gasteiger partial charge on any atom is 0.416 e. The second-order valence-corrected chi connectivity index (χ2v) is 4.80. The van der Waals surface area contributed by atoms with Crippen molar-refractivity contribution in [3.8, 4) is 11.3 Å². The number of hydrogen-bond donors (Lipinski definition) is 2. The molecule has 0 radical (unpaired) electrons. The van der Waals surface area contributed by atoms with Gasteiger partial charge >= 0.3 is 6.18 Å². The Labute approximate surface area is 134 Å². The summed E-state index contributed by atoms with van der Waals surface area (Å²) < 4.78 is 38.2. The third kappa shape index (κ3) is 3.57. The fourth-order valence-corrected chi connectivity index (χ4v) is 1.95. The lowest BCUT2D eigenvalue weighted by molar-refractivity contribution is -0.137. The molecular formula is C15H11F3N6. The van der Waals surface area contributed by atoms with E-state index in [0.717, 1.165) is 12.1 Å². The summed E-state index contributed by atoms with van der Waals surface area (Å²) in [5.74, 6) is 0.291. The molecule has 3 aromatic rings. The summed E-state index contributed by atoms with van der Waals surface area (Å²) in [5.41, 5.74) is 6.03. The van der Waals surface area contributed by atoms with E-state index in [4.69, 9.17) is 5.73 Å². The molecule has 122 valence electrons. The number of anilines is 3. The number of rotatable bonds is 3. The molecule has 0 bridgehead atoms. The number of nitrogens with two attached hydrogens (primary N) is 1. The van der Waals surface area contributed by atoms with Gasteiger partial charge in [-0.1, -0.05) is 6.07 Å². The molecule has 3 rings (SSSR count). The summed E-state index contributed by atoms with van der Waals surface area (Å²) in [7, 11) is 0. The number of nitrogen functional groups attached to an aromatic ring is 1. The van der Waals surface area contributed by atoms with Gasteiger partial charge in [-0.3, -0.25) is 0 Å². The van der Waals surface area contributed by atoms with Gasteiger partial charge in [-0.15, -0.1) is 0 Å². The molecule has 2 aromatic heterocycles. The zero-order valence-corrected chi connectivity index (χ0v) is 12.1. The van der Waals surface area contributed by atoms with Crippen LogP contribution in [-0.4, -0.2) is 19.9 Å². The Balaban J connectivity index is 1.86. The topological polar surface area (TPSA) is 89.6 Å². The molecule has 0 spiro atoms. The smallest absolute Gasteiger partial charge is 0.368 e. The Hall–Kier alpha value is -3.23. The first-order valence-corrected chi connectivity index (χ1v) is 6.77. The van der Waals surface area contributed by atoms with Crippen LogP contribution in [0.3, 0.4) is 0 Å². The number of aromatic nitrogens is 4. The quantitative estimate of drug-likeness (QED) is 0.765. The zero-order valence-electron chi connectivity index (χ0n) is 12.1. The van der Waals surface area contributed by atoms with E-state index in [-0.39, 0.29) is 17.6 Å². The van der Waals surface area contributed by atoms with Crippen molar-refractivity contribution in [1.82, 2.24) is 19.9 Å². The van der Waals surface area contributed by atoms with E-state index in [1.54, 1.807) is 6.07 Å². The maximum absolute atomic E-state index is 12.7. The lowest BCUT2D eigenvalue weighted by Crippen LogP contribution is -2.05. The third-order valence-electron chi connectivity index (χ3n) is 3.07. The average Bonchev–Trinajstić information content (AvgIpc) is 2.55. The van der Waals surface area contributed by atoms with E-state index in [2.05, 4.69) is 25.3 Å². The van der Waals surface area contributed by atoms with Gasteiger partial charge in [0.25, 0.3) is 0 Å². The van der Waals surface area contributed by atoms with Crippen LogP contribution in [0.4, 0.5) is 30.8 Å². The third-order valence-corrected chi connectivity index (χ3v) is 3.07. The Morgan fingerprint density at radius 3 is 2.46 bits per heavy atom. The molecule has 0 fully saturated rings. The monoisotopic (exact) mass is 332 g/mol. The van der Waals surface area contributed by atoms with E-state index in [9.17, 15) is 13.2 Å². The molecular weight excluding hydrogens is 321 g/mol. The molecule has 9 heteroatoms. The predicted octanol–water partition coefficient (Wildman–Crippen LogP) is 3.28. The van der Waals surface area contributed by atoms with Crippen LogP contribution in [0.5, 0.6) is 0 Å². The Kier molecular flexibility index (Phi) is 3.98. The van der Waals surface area contributed by atoms with Crippen molar-refractivity contribution in [2.75, 3.05) is 11.1 Å². The second kappa shape index (κ2) is 6.11. The van der Waals surface area contributed by atoms with E-state index in [1.807, 2.05) is 0 Å². The molecule has 0 saturated carbocycles. The highest BCUT2D eigenvalue weighted by Gasteiger charge is 2.30. The lowest BCUT2D eigenvalue weighted by atomic mass is 10.2. The van der Waals surface area contributed by atoms with Crippen molar-refractivity contribution in [2.24, 2.45) is 0 Å². The number of halogens is 3. The van der Waals surface area contributed by atoms with Crippen LogP contribution in [0, 0.1) is 0 Å². The Morgan fingerprint density at radius 1 is 1.00 bits per heavy atom. The van der Waals surface area contributed by atoms with Crippen molar-refractivity contribution >= 4 is 17.6 Å². The van der Waals surface area contributed by atoms with Crippen molar-refractivity contribution < 1.29 is 13.2 Å². The van der Waals surface area contributed by atoms with Crippen molar-refractivity contribution in [3.05, 3.63) is 54.5 Å². The van der Waals surface area contributed by atoms with Gasteiger partial charge in [0, 0.05) is 29.8 Å². The minimum Gasteiger partial charge on any atom is -0.368 e. The van der Waals surface area contributed by atoms with Crippen molar-refractivity contribution in [1.29, 1.82) is 0 Å². The summed E-state index contributed by atoms with van der Waals surface area (Å²) >= 11 is 0. The molecule has 0 saturated heterocycles. The summed E-state index contributed by atoms with van der Waals surface area (Å²) in [5, 5.41) is 2.75. The lowest BCUT2D eigenvalue weighted by Gasteiger charge is -2.10. The number of alkyl halides is 3. The maximum atomic E-state index is 12.7. The average molecular weight is 332 g/mol. The minimum absolute atomic E-state index is 0.134. The Bertz CT molecular complexity index is 848. The van der Waals surface area contributed by atoms with Gasteiger partial charge in [0.2, 0.25) is 11.9 Å². The molecule has 0 atom stereocenters. The fraction of sp³-hybridized carbons (Fsp3) is 0.0667. The highest BCUT2D eigenvalue weighted by molar-refractivity contribution is 5.61. The van der Waals surface area contributed by atoms with E-state index in [1.165, 1.54) is 30.7 Å². The standard InChI is InChI=1S/C15H11F3N6/c16-15(17,18)10-2-1-3-11(6-10)23-14-20-5-4-12(24-14)9-7-21-13(19)22-8-9/h1-8H,(H2,19,21,22)(H,20,23,24). The van der Waals surface area contributed by atoms with Gasteiger partial charge in [-0.05, 0) is 24.3 Å². The molecule has 1 aromatic carbocycles. The predicted molar refractivity (Wildman–Crippen MR) is 82.2 cm³/mol. The minimum atomic E-state index is -4.41. The number of benzene rings is 1. The van der Waals surface area contributed by atoms with Crippen LogP contribution in [0.2, 0.25) is 0 Å². The molecule has 0 aliphatic carbocycles. The van der Waals surface area contributed by atoms with Gasteiger partial charge in [-0.25, -0.2) is 19.9 Å². The van der Waals surface area contributed by atoms with Gasteiger partial charge in [-0.2, -0.15) is 13.2 Å². The SMILES string of the molecule is Nc1ncc(-c2ccnc(Nc3cccc(C(F)(F)F)c3)n2)cn1. The molecule has 0 amide bonds. The van der Waals surface area contributed by atoms with Gasteiger partial charge in [0.1, 0.15) is 0 Å². The first kappa shape index (κ1) is 15.7. The summed E-state index contributed by atoms with van der Waals surface area (Å²) in [6.07, 6.45) is 0.0633. The highest BCUT2D eigenvalue weighted by Crippen LogP contribution is 2.31. The van der Waals surface area contributed by atoms with Crippen LogP contribution in [-0.2, 0) is 6.18 Å². The normalized spacial score (nSPS) is 11.3. The van der Waals surface area contributed by atoms with E-state index in [0.29, 0.717) is 11.3 Å². The first-order valence-electron chi connectivity index (χ1n) is 6.77. The number of nitrogens with one attached hydrogen (secondary N) is 1. The fourth-order valence-electron chi connectivity index (χ4n) is 1.95. The van der Waals surface area contributed by atoms with Crippen molar-refractivity contribution in [3.63, 3.8) is 0 Å². The molecule has 3 N–H and O–H groups in total. The summed E-state index contributed by atoms with van der Waals surface area (Å²) in [6.45, 7) is 0. The zero-order chi connectivity index (χ0) is 17.2. The first-order chi connectivity index (χ1) is 11.4. The van der Waals surface area contributed by atoms with Gasteiger partial charge in [0.05, 0.1) is 11.3 Å². The van der Waals surface area contributed by atoms with Crippen LogP contribution >= 0.6 is 0 Å². The molecule has 24 heavy (non-hydrogen) atoms. The largest absolute Gasteiger partial charge is 0.416 e. The highest BCUT2D eigenvalue weighted by atomic mass is 19.4. The van der Waals surface area contributed by atoms with Crippen LogP contribution in [0.25, 0.3) is 11.3 Å². The van der Waals surface area contributed by atoms with Crippen LogP contribution in [0.15, 0.2) is 48.9 Å². The van der Waals surface area contributed by atoms with Gasteiger partial charge in [0.15, 0.2) is 0 Å². The molecule has 0 unspecified atom stereocenters. The van der Waals surface area contributed by atoms with E-state index >= 15 is 0 Å². The number of nitrogens with zero attached hydrogens (tertiary/aromatic N) is 4. The van der Waals surface area contributed by atoms with E-state index < -0.39 is 11.7 Å². The van der Waals surface area contributed by atoms with Crippen LogP contribution in [0.1, 0.15) is 5.56 Å². The molecule has 2 heterocycles. The summed E-state index contributed by atoms with van der Waals surface area (Å²) in [6, 6.07) is 6.42. The molecule has 0 aliphatic heterocycles. The summed E-state index contributed by atoms with van der Waals surface area (Å²) in [4.78, 5) is 16.0. The van der Waals surface area contributed by atoms with Crippen LogP contribution < -0.4 is 11.1 Å². The Morgan fingerprint density at radius 2 is 1.75 bits per heavy atom. The number of hydrogen-bond acceptors (Lipinski definition) is 6. The second-order valence-electron chi connectivity index (χ2n) is 4.80. The molecule has 0 aliphatic rings. The molecule has 6 nitrogen and oxygen atoms in total. The van der Waals surface area contributed by atoms with Crippen molar-refractivity contribution in [2.45, 2.75) is 6.18 Å².